The third-order valence-corrected chi connectivity index (χ3v) is 4.30. The molecule has 3 heteroatoms. The minimum atomic E-state index is 0.372. The summed E-state index contributed by atoms with van der Waals surface area (Å²) in [6.07, 6.45) is 4.45. The molecule has 2 atom stereocenters. The van der Waals surface area contributed by atoms with E-state index in [1.165, 1.54) is 25.8 Å². The average molecular weight is 225 g/mol. The Morgan fingerprint density at radius 1 is 1.31 bits per heavy atom. The molecule has 3 fully saturated rings. The van der Waals surface area contributed by atoms with E-state index in [2.05, 4.69) is 18.7 Å². The topological polar surface area (TPSA) is 21.7 Å². The molecule has 0 aromatic heterocycles. The molecule has 2 saturated heterocycles. The summed E-state index contributed by atoms with van der Waals surface area (Å²) in [7, 11) is 0. The first kappa shape index (κ1) is 11.0. The molecule has 0 radical (unpaired) electrons. The molecule has 3 aliphatic rings. The van der Waals surface area contributed by atoms with Gasteiger partial charge in [-0.2, -0.15) is 0 Å². The highest BCUT2D eigenvalue weighted by Gasteiger charge is 2.51. The van der Waals surface area contributed by atoms with Gasteiger partial charge >= 0.3 is 0 Å². The molecule has 3 nitrogen and oxygen atoms in total. The maximum absolute atomic E-state index is 5.80. The average Bonchev–Trinajstić information content (AvgIpc) is 3.05. The summed E-state index contributed by atoms with van der Waals surface area (Å²) in [5.41, 5.74) is 0.499. The smallest absolute Gasteiger partial charge is 0.0623 e. The molecule has 0 spiro atoms. The van der Waals surface area contributed by atoms with Crippen LogP contribution in [0.5, 0.6) is 0 Å². The standard InChI is InChI=1S/C13H23NO2/c1-10(2)16-9-13(3-4-13)8-14-11-5-12(14)7-15-6-11/h10-12H,3-9H2,1-2H3. The van der Waals surface area contributed by atoms with Gasteiger partial charge in [-0.15, -0.1) is 0 Å². The number of morpholine rings is 1. The SMILES string of the molecule is CC(C)OCC1(CN2C3COCC2C3)CC1. The highest BCUT2D eigenvalue weighted by Crippen LogP contribution is 2.49. The lowest BCUT2D eigenvalue weighted by Crippen LogP contribution is -2.64. The summed E-state index contributed by atoms with van der Waals surface area (Å²) < 4.78 is 11.3. The van der Waals surface area contributed by atoms with Crippen molar-refractivity contribution in [1.29, 1.82) is 0 Å². The number of fused-ring (bicyclic) bond motifs is 2. The second kappa shape index (κ2) is 3.97. The lowest BCUT2D eigenvalue weighted by Gasteiger charge is -2.53. The van der Waals surface area contributed by atoms with Gasteiger partial charge in [-0.05, 0) is 33.1 Å². The number of nitrogens with zero attached hydrogens (tertiary/aromatic N) is 1. The summed E-state index contributed by atoms with van der Waals surface area (Å²) in [6, 6.07) is 1.44. The second-order valence-corrected chi connectivity index (χ2v) is 6.11. The Hall–Kier alpha value is -0.120. The lowest BCUT2D eigenvalue weighted by atomic mass is 9.89. The highest BCUT2D eigenvalue weighted by atomic mass is 16.5. The van der Waals surface area contributed by atoms with Crippen LogP contribution in [-0.4, -0.2) is 49.5 Å². The number of ether oxygens (including phenoxy) is 2. The van der Waals surface area contributed by atoms with Gasteiger partial charge in [0.2, 0.25) is 0 Å². The molecular formula is C13H23NO2. The Bertz CT molecular complexity index is 249. The van der Waals surface area contributed by atoms with Gasteiger partial charge in [0.1, 0.15) is 0 Å². The fourth-order valence-electron chi connectivity index (χ4n) is 2.93. The van der Waals surface area contributed by atoms with Crippen molar-refractivity contribution in [2.45, 2.75) is 51.3 Å². The highest BCUT2D eigenvalue weighted by molar-refractivity contribution is 5.03. The molecule has 2 bridgehead atoms. The lowest BCUT2D eigenvalue weighted by molar-refractivity contribution is -0.138. The predicted octanol–water partition coefficient (Wildman–Crippen LogP) is 1.66. The molecule has 0 amide bonds. The zero-order chi connectivity index (χ0) is 11.2. The van der Waals surface area contributed by atoms with Crippen LogP contribution in [0.1, 0.15) is 33.1 Å². The first-order valence-electron chi connectivity index (χ1n) is 6.64. The van der Waals surface area contributed by atoms with Gasteiger partial charge in [0.15, 0.2) is 0 Å². The molecule has 92 valence electrons. The molecule has 2 heterocycles. The Balaban J connectivity index is 1.51. The van der Waals surface area contributed by atoms with Crippen molar-refractivity contribution < 1.29 is 9.47 Å². The number of rotatable bonds is 5. The van der Waals surface area contributed by atoms with Crippen LogP contribution >= 0.6 is 0 Å². The molecule has 0 aromatic carbocycles. The van der Waals surface area contributed by atoms with Crippen LogP contribution in [0.25, 0.3) is 0 Å². The Morgan fingerprint density at radius 3 is 2.50 bits per heavy atom. The Labute approximate surface area is 98.1 Å². The van der Waals surface area contributed by atoms with Gasteiger partial charge in [0.25, 0.3) is 0 Å². The van der Waals surface area contributed by atoms with Crippen molar-refractivity contribution in [3.63, 3.8) is 0 Å². The van der Waals surface area contributed by atoms with Gasteiger partial charge in [-0.1, -0.05) is 0 Å². The van der Waals surface area contributed by atoms with E-state index < -0.39 is 0 Å². The van der Waals surface area contributed by atoms with E-state index in [-0.39, 0.29) is 0 Å². The quantitative estimate of drug-likeness (QED) is 0.710. The van der Waals surface area contributed by atoms with Crippen LogP contribution in [0.15, 0.2) is 0 Å². The Morgan fingerprint density at radius 2 is 2.00 bits per heavy atom. The number of hydrogen-bond donors (Lipinski definition) is 0. The molecular weight excluding hydrogens is 202 g/mol. The summed E-state index contributed by atoms with van der Waals surface area (Å²) in [4.78, 5) is 2.67. The normalized spacial score (nSPS) is 36.2. The first-order valence-corrected chi connectivity index (χ1v) is 6.64. The molecule has 2 aliphatic heterocycles. The predicted molar refractivity (Wildman–Crippen MR) is 62.5 cm³/mol. The second-order valence-electron chi connectivity index (χ2n) is 6.11. The van der Waals surface area contributed by atoms with Crippen LogP contribution < -0.4 is 0 Å². The van der Waals surface area contributed by atoms with E-state index in [4.69, 9.17) is 9.47 Å². The molecule has 1 aliphatic carbocycles. The fourth-order valence-corrected chi connectivity index (χ4v) is 2.93. The monoisotopic (exact) mass is 225 g/mol. The Kier molecular flexibility index (Phi) is 2.73. The van der Waals surface area contributed by atoms with Crippen molar-refractivity contribution in [3.05, 3.63) is 0 Å². The van der Waals surface area contributed by atoms with Crippen LogP contribution in [0.3, 0.4) is 0 Å². The molecule has 2 unspecified atom stereocenters. The fraction of sp³-hybridized carbons (Fsp3) is 1.00. The van der Waals surface area contributed by atoms with Crippen LogP contribution in [-0.2, 0) is 9.47 Å². The van der Waals surface area contributed by atoms with E-state index in [1.807, 2.05) is 0 Å². The van der Waals surface area contributed by atoms with Gasteiger partial charge in [-0.3, -0.25) is 4.90 Å². The van der Waals surface area contributed by atoms with Crippen LogP contribution in [0.4, 0.5) is 0 Å². The molecule has 3 rings (SSSR count). The van der Waals surface area contributed by atoms with Gasteiger partial charge in [0.05, 0.1) is 25.9 Å². The molecule has 0 N–H and O–H groups in total. The zero-order valence-corrected chi connectivity index (χ0v) is 10.4. The van der Waals surface area contributed by atoms with E-state index in [0.29, 0.717) is 11.5 Å². The molecule has 1 saturated carbocycles. The van der Waals surface area contributed by atoms with E-state index in [0.717, 1.165) is 31.9 Å². The summed E-state index contributed by atoms with van der Waals surface area (Å²) in [5.74, 6) is 0. The minimum absolute atomic E-state index is 0.372. The third-order valence-electron chi connectivity index (χ3n) is 4.30. The zero-order valence-electron chi connectivity index (χ0n) is 10.4. The molecule has 0 aromatic rings. The van der Waals surface area contributed by atoms with Crippen LogP contribution in [0.2, 0.25) is 0 Å². The van der Waals surface area contributed by atoms with Crippen molar-refractivity contribution in [2.24, 2.45) is 5.41 Å². The number of hydrogen-bond acceptors (Lipinski definition) is 3. The minimum Gasteiger partial charge on any atom is -0.378 e. The summed E-state index contributed by atoms with van der Waals surface area (Å²) in [5, 5.41) is 0. The van der Waals surface area contributed by atoms with Gasteiger partial charge in [0, 0.05) is 24.0 Å². The maximum Gasteiger partial charge on any atom is 0.0623 e. The van der Waals surface area contributed by atoms with E-state index in [9.17, 15) is 0 Å². The molecule has 16 heavy (non-hydrogen) atoms. The summed E-state index contributed by atoms with van der Waals surface area (Å²) in [6.45, 7) is 8.37. The van der Waals surface area contributed by atoms with Gasteiger partial charge in [-0.25, -0.2) is 0 Å². The van der Waals surface area contributed by atoms with Crippen molar-refractivity contribution in [2.75, 3.05) is 26.4 Å². The van der Waals surface area contributed by atoms with Crippen molar-refractivity contribution in [1.82, 2.24) is 4.90 Å². The van der Waals surface area contributed by atoms with E-state index in [1.54, 1.807) is 0 Å². The third kappa shape index (κ3) is 2.01. The van der Waals surface area contributed by atoms with Crippen molar-refractivity contribution >= 4 is 0 Å². The van der Waals surface area contributed by atoms with Gasteiger partial charge < -0.3 is 9.47 Å². The maximum atomic E-state index is 5.80. The summed E-state index contributed by atoms with van der Waals surface area (Å²) >= 11 is 0. The van der Waals surface area contributed by atoms with E-state index >= 15 is 0 Å². The first-order chi connectivity index (χ1) is 7.69. The van der Waals surface area contributed by atoms with Crippen molar-refractivity contribution in [3.8, 4) is 0 Å². The largest absolute Gasteiger partial charge is 0.378 e. The van der Waals surface area contributed by atoms with Crippen LogP contribution in [0, 0.1) is 5.41 Å².